The van der Waals surface area contributed by atoms with E-state index in [0.29, 0.717) is 17.5 Å². The maximum absolute atomic E-state index is 12.6. The first-order valence-electron chi connectivity index (χ1n) is 11.7. The molecule has 1 aromatic carbocycles. The number of amides is 1. The maximum Gasteiger partial charge on any atom is 0.310 e. The normalized spacial score (nSPS) is 23.3. The van der Waals surface area contributed by atoms with Gasteiger partial charge in [-0.3, -0.25) is 9.59 Å². The lowest BCUT2D eigenvalue weighted by Gasteiger charge is -2.24. The molecular formula is C25H27N5O6. The minimum absolute atomic E-state index is 0.0515. The smallest absolute Gasteiger partial charge is 0.310 e. The van der Waals surface area contributed by atoms with Gasteiger partial charge in [-0.25, -0.2) is 9.50 Å². The number of hydrogen-bond donors (Lipinski definition) is 3. The van der Waals surface area contributed by atoms with E-state index in [0.717, 1.165) is 12.8 Å². The molecule has 0 saturated carbocycles. The van der Waals surface area contributed by atoms with E-state index < -0.39 is 36.5 Å². The number of aromatic nitrogens is 3. The molecule has 1 aliphatic rings. The van der Waals surface area contributed by atoms with Crippen LogP contribution < -0.4 is 5.32 Å². The van der Waals surface area contributed by atoms with E-state index in [1.807, 2.05) is 19.1 Å². The topological polar surface area (TPSA) is 159 Å². The Morgan fingerprint density at radius 1 is 1.28 bits per heavy atom. The Labute approximate surface area is 207 Å². The van der Waals surface area contributed by atoms with Crippen LogP contribution >= 0.6 is 0 Å². The first kappa shape index (κ1) is 25.2. The van der Waals surface area contributed by atoms with Gasteiger partial charge in [0.1, 0.15) is 30.1 Å². The number of carbonyl (C=O) groups excluding carboxylic acids is 2. The predicted octanol–water partition coefficient (Wildman–Crippen LogP) is 1.48. The van der Waals surface area contributed by atoms with Crippen LogP contribution in [0.3, 0.4) is 0 Å². The number of benzene rings is 1. The fraction of sp³-hybridized carbons (Fsp3) is 0.400. The number of anilines is 1. The lowest BCUT2D eigenvalue weighted by molar-refractivity contribution is -0.155. The van der Waals surface area contributed by atoms with Crippen molar-refractivity contribution >= 4 is 23.2 Å². The minimum atomic E-state index is -2.00. The molecule has 3 N–H and O–H groups in total. The third-order valence-electron chi connectivity index (χ3n) is 6.08. The molecule has 4 atom stereocenters. The zero-order valence-corrected chi connectivity index (χ0v) is 19.7. The number of aliphatic hydroxyl groups excluding tert-OH is 2. The van der Waals surface area contributed by atoms with Gasteiger partial charge in [-0.15, -0.1) is 0 Å². The number of aliphatic hydroxyl groups is 2. The Balaban J connectivity index is 1.62. The zero-order chi connectivity index (χ0) is 25.7. The van der Waals surface area contributed by atoms with Gasteiger partial charge in [0.2, 0.25) is 11.5 Å². The molecule has 0 bridgehead atoms. The third kappa shape index (κ3) is 4.79. The summed E-state index contributed by atoms with van der Waals surface area (Å²) in [5.41, 5.74) is -0.771. The van der Waals surface area contributed by atoms with E-state index in [1.165, 1.54) is 16.9 Å². The number of fused-ring (bicyclic) bond motifs is 1. The van der Waals surface area contributed by atoms with Gasteiger partial charge in [0.15, 0.2) is 11.9 Å². The minimum Gasteiger partial charge on any atom is -0.456 e. The SMILES string of the molecule is CCCCC(=O)Nc1ncnn2c(C3(C#N)O[C@H](CO)[C@@H](OC(=O)Cc4ccccc4)[C@H]3O)ccc12. The Bertz CT molecular complexity index is 1270. The van der Waals surface area contributed by atoms with Crippen molar-refractivity contribution in [1.29, 1.82) is 5.26 Å². The number of nitrogens with one attached hydrogen (secondary N) is 1. The van der Waals surface area contributed by atoms with Gasteiger partial charge in [0, 0.05) is 6.42 Å². The summed E-state index contributed by atoms with van der Waals surface area (Å²) in [5, 5.41) is 38.2. The van der Waals surface area contributed by atoms with Crippen LogP contribution in [-0.4, -0.2) is 61.6 Å². The van der Waals surface area contributed by atoms with Crippen LogP contribution in [0.5, 0.6) is 0 Å². The number of carbonyl (C=O) groups is 2. The molecule has 11 heteroatoms. The van der Waals surface area contributed by atoms with Crippen molar-refractivity contribution in [3.8, 4) is 6.07 Å². The monoisotopic (exact) mass is 493 g/mol. The van der Waals surface area contributed by atoms with Crippen molar-refractivity contribution in [3.63, 3.8) is 0 Å². The van der Waals surface area contributed by atoms with Crippen molar-refractivity contribution < 1.29 is 29.3 Å². The molecule has 1 saturated heterocycles. The summed E-state index contributed by atoms with van der Waals surface area (Å²) in [6.07, 6.45) is -1.00. The van der Waals surface area contributed by atoms with E-state index >= 15 is 0 Å². The van der Waals surface area contributed by atoms with Crippen molar-refractivity contribution in [2.45, 2.75) is 56.5 Å². The molecule has 4 rings (SSSR count). The molecule has 0 aliphatic carbocycles. The fourth-order valence-corrected chi connectivity index (χ4v) is 4.25. The molecule has 2 aromatic heterocycles. The molecular weight excluding hydrogens is 466 g/mol. The molecule has 1 amide bonds. The van der Waals surface area contributed by atoms with Crippen molar-refractivity contribution in [3.05, 3.63) is 60.0 Å². The first-order chi connectivity index (χ1) is 17.4. The van der Waals surface area contributed by atoms with Crippen LogP contribution in [0.4, 0.5) is 5.82 Å². The zero-order valence-electron chi connectivity index (χ0n) is 19.7. The first-order valence-corrected chi connectivity index (χ1v) is 11.7. The molecule has 11 nitrogen and oxygen atoms in total. The van der Waals surface area contributed by atoms with Gasteiger partial charge < -0.3 is 25.0 Å². The van der Waals surface area contributed by atoms with Gasteiger partial charge in [-0.1, -0.05) is 43.7 Å². The Morgan fingerprint density at radius 3 is 2.75 bits per heavy atom. The summed E-state index contributed by atoms with van der Waals surface area (Å²) in [7, 11) is 0. The van der Waals surface area contributed by atoms with Crippen LogP contribution in [0.2, 0.25) is 0 Å². The quantitative estimate of drug-likeness (QED) is 0.375. The molecule has 0 spiro atoms. The van der Waals surface area contributed by atoms with Gasteiger partial charge in [0.05, 0.1) is 18.7 Å². The van der Waals surface area contributed by atoms with Crippen molar-refractivity contribution in [2.24, 2.45) is 0 Å². The molecule has 1 unspecified atom stereocenters. The summed E-state index contributed by atoms with van der Waals surface area (Å²) < 4.78 is 12.7. The molecule has 1 aliphatic heterocycles. The van der Waals surface area contributed by atoms with Gasteiger partial charge in [-0.05, 0) is 24.1 Å². The second-order valence-corrected chi connectivity index (χ2v) is 8.52. The molecule has 3 aromatic rings. The Morgan fingerprint density at radius 2 is 2.06 bits per heavy atom. The molecule has 188 valence electrons. The number of nitrogens with zero attached hydrogens (tertiary/aromatic N) is 4. The number of nitriles is 1. The number of unbranched alkanes of at least 4 members (excludes halogenated alkanes) is 1. The van der Waals surface area contributed by atoms with Gasteiger partial charge >= 0.3 is 5.97 Å². The highest BCUT2D eigenvalue weighted by Crippen LogP contribution is 2.41. The molecule has 36 heavy (non-hydrogen) atoms. The summed E-state index contributed by atoms with van der Waals surface area (Å²) >= 11 is 0. The second-order valence-electron chi connectivity index (χ2n) is 8.52. The van der Waals surface area contributed by atoms with Gasteiger partial charge in [0.25, 0.3) is 0 Å². The van der Waals surface area contributed by atoms with Crippen molar-refractivity contribution in [1.82, 2.24) is 14.6 Å². The van der Waals surface area contributed by atoms with E-state index in [1.54, 1.807) is 30.3 Å². The van der Waals surface area contributed by atoms with Gasteiger partial charge in [-0.2, -0.15) is 10.4 Å². The Hall–Kier alpha value is -3.85. The summed E-state index contributed by atoms with van der Waals surface area (Å²) in [5.74, 6) is -0.610. The number of hydrogen-bond acceptors (Lipinski definition) is 9. The number of esters is 1. The summed E-state index contributed by atoms with van der Waals surface area (Å²) in [6.45, 7) is 1.39. The van der Waals surface area contributed by atoms with Crippen LogP contribution in [0.1, 0.15) is 37.4 Å². The highest BCUT2D eigenvalue weighted by Gasteiger charge is 2.59. The standard InChI is InChI=1S/C25H27N5O6/c1-2-3-9-20(32)29-24-17-10-11-19(30(17)28-15-27-24)25(14-26)23(34)22(18(13-31)36-25)35-21(33)12-16-7-5-4-6-8-16/h4-8,10-11,15,18,22-23,31,34H,2-3,9,12-13H2,1H3,(H,27,28,29,32)/t18-,22-,23-,25?/m1/s1. The number of rotatable bonds is 9. The molecule has 1 fully saturated rings. The highest BCUT2D eigenvalue weighted by molar-refractivity contribution is 5.93. The van der Waals surface area contributed by atoms with Crippen molar-refractivity contribution in [2.75, 3.05) is 11.9 Å². The number of ether oxygens (including phenoxy) is 2. The fourth-order valence-electron chi connectivity index (χ4n) is 4.25. The van der Waals surface area contributed by atoms with E-state index in [2.05, 4.69) is 15.4 Å². The average Bonchev–Trinajstić information content (AvgIpc) is 3.44. The van der Waals surface area contributed by atoms with Crippen LogP contribution in [0.25, 0.3) is 5.52 Å². The largest absolute Gasteiger partial charge is 0.456 e. The van der Waals surface area contributed by atoms with E-state index in [-0.39, 0.29) is 23.8 Å². The molecule has 3 heterocycles. The summed E-state index contributed by atoms with van der Waals surface area (Å²) in [6, 6.07) is 14.0. The second kappa shape index (κ2) is 10.8. The average molecular weight is 494 g/mol. The van der Waals surface area contributed by atoms with Crippen LogP contribution in [0.15, 0.2) is 48.8 Å². The maximum atomic E-state index is 12.6. The Kier molecular flexibility index (Phi) is 7.59. The molecule has 0 radical (unpaired) electrons. The summed E-state index contributed by atoms with van der Waals surface area (Å²) in [4.78, 5) is 28.9. The highest BCUT2D eigenvalue weighted by atomic mass is 16.6. The lowest BCUT2D eigenvalue weighted by atomic mass is 9.92. The predicted molar refractivity (Wildman–Crippen MR) is 126 cm³/mol. The van der Waals surface area contributed by atoms with E-state index in [9.17, 15) is 25.1 Å². The van der Waals surface area contributed by atoms with E-state index in [4.69, 9.17) is 9.47 Å². The van der Waals surface area contributed by atoms with Crippen LogP contribution in [-0.2, 0) is 31.1 Å². The lowest BCUT2D eigenvalue weighted by Crippen LogP contribution is -2.43. The van der Waals surface area contributed by atoms with Crippen LogP contribution in [0, 0.1) is 11.3 Å². The third-order valence-corrected chi connectivity index (χ3v) is 6.08.